The third-order valence-electron chi connectivity index (χ3n) is 1.73. The number of rotatable bonds is 2. The average molecular weight is 180 g/mol. The first kappa shape index (κ1) is 8.91. The van der Waals surface area contributed by atoms with Gasteiger partial charge < -0.3 is 0 Å². The van der Waals surface area contributed by atoms with Crippen molar-refractivity contribution in [2.75, 3.05) is 26.0 Å². The van der Waals surface area contributed by atoms with Crippen LogP contribution >= 0.6 is 7.72 Å². The molecule has 1 heterocycles. The summed E-state index contributed by atoms with van der Waals surface area (Å²) < 4.78 is 9.54. The van der Waals surface area contributed by atoms with E-state index in [9.17, 15) is 9.69 Å². The molecule has 0 amide bonds. The van der Waals surface area contributed by atoms with Gasteiger partial charge >= 0.3 is 65.1 Å². The van der Waals surface area contributed by atoms with Crippen molar-refractivity contribution in [2.24, 2.45) is 0 Å². The number of carbonyl (C=O) groups excluding carboxylic acids is 1. The van der Waals surface area contributed by atoms with E-state index in [0.717, 1.165) is 6.42 Å². The summed E-state index contributed by atoms with van der Waals surface area (Å²) in [6.45, 7) is 0.583. The molecule has 1 aliphatic rings. The molecule has 66 valence electrons. The molecule has 11 heavy (non-hydrogen) atoms. The molecule has 0 radical (unpaired) electrons. The maximum absolute atomic E-state index is 10.7. The first-order valence-corrected chi connectivity index (χ1v) is 5.86. The summed E-state index contributed by atoms with van der Waals surface area (Å²) in [4.78, 5) is 20.4. The number of esters is 1. The first-order chi connectivity index (χ1) is 5.16. The van der Waals surface area contributed by atoms with Crippen molar-refractivity contribution in [3.8, 4) is 0 Å². The summed E-state index contributed by atoms with van der Waals surface area (Å²) >= 11 is 0. The fraction of sp³-hybridized carbons (Fsp3) is 0.833. The van der Waals surface area contributed by atoms with E-state index in [1.165, 1.54) is 7.11 Å². The van der Waals surface area contributed by atoms with Gasteiger partial charge in [0, 0.05) is 0 Å². The minimum absolute atomic E-state index is 0.0729. The van der Waals surface area contributed by atoms with Crippen LogP contribution in [-0.2, 0) is 14.1 Å². The Labute approximate surface area is 66.0 Å². The van der Waals surface area contributed by atoms with Gasteiger partial charge in [-0.05, 0) is 0 Å². The number of ether oxygens (including phenoxy) is 1. The molecule has 1 fully saturated rings. The van der Waals surface area contributed by atoms with E-state index in [2.05, 4.69) is 4.74 Å². The molecule has 5 heteroatoms. The van der Waals surface area contributed by atoms with Gasteiger partial charge in [-0.3, -0.25) is 0 Å². The fourth-order valence-electron chi connectivity index (χ4n) is 1.12. The first-order valence-electron chi connectivity index (χ1n) is 3.59. The van der Waals surface area contributed by atoms with Crippen LogP contribution in [0.5, 0.6) is 0 Å². The van der Waals surface area contributed by atoms with Gasteiger partial charge in [-0.2, -0.15) is 0 Å². The van der Waals surface area contributed by atoms with Crippen molar-refractivity contribution < 1.29 is 18.9 Å². The average Bonchev–Trinajstić information content (AvgIpc) is 2.36. The van der Waals surface area contributed by atoms with Crippen LogP contribution in [0.2, 0.25) is 0 Å². The van der Waals surface area contributed by atoms with Crippen LogP contribution in [0.1, 0.15) is 6.42 Å². The Kier molecular flexibility index (Phi) is 2.82. The molecule has 1 rings (SSSR count). The van der Waals surface area contributed by atoms with E-state index in [1.54, 1.807) is 0 Å². The van der Waals surface area contributed by atoms with E-state index in [0.29, 0.717) is 12.8 Å². The zero-order valence-electron chi connectivity index (χ0n) is 6.50. The quantitative estimate of drug-likeness (QED) is 0.485. The SMILES string of the molecule is COC(=O)C[PH]1(O)CCCO1. The third-order valence-corrected chi connectivity index (χ3v) is 4.45. The van der Waals surface area contributed by atoms with Crippen LogP contribution in [0, 0.1) is 0 Å². The van der Waals surface area contributed by atoms with Crippen molar-refractivity contribution in [2.45, 2.75) is 6.42 Å². The Morgan fingerprint density at radius 2 is 2.55 bits per heavy atom. The summed E-state index contributed by atoms with van der Waals surface area (Å²) in [6.07, 6.45) is 1.59. The van der Waals surface area contributed by atoms with Crippen LogP contribution in [0.25, 0.3) is 0 Å². The number of carbonyl (C=O) groups is 1. The summed E-state index contributed by atoms with van der Waals surface area (Å²) in [7, 11) is -1.33. The normalized spacial score (nSPS) is 24.5. The van der Waals surface area contributed by atoms with Crippen molar-refractivity contribution in [3.63, 3.8) is 0 Å². The summed E-state index contributed by atoms with van der Waals surface area (Å²) in [5.74, 6) is -0.374. The second-order valence-electron chi connectivity index (χ2n) is 2.65. The zero-order chi connectivity index (χ0) is 8.32. The van der Waals surface area contributed by atoms with Crippen LogP contribution in [0.15, 0.2) is 0 Å². The molecular weight excluding hydrogens is 167 g/mol. The van der Waals surface area contributed by atoms with Crippen LogP contribution in [0.3, 0.4) is 0 Å². The predicted octanol–water partition coefficient (Wildman–Crippen LogP) is 0.152. The summed E-state index contributed by atoms with van der Waals surface area (Å²) in [5.41, 5.74) is 0. The second kappa shape index (κ2) is 3.48. The van der Waals surface area contributed by atoms with Crippen molar-refractivity contribution >= 4 is 13.7 Å². The van der Waals surface area contributed by atoms with Gasteiger partial charge in [0.05, 0.1) is 0 Å². The molecule has 0 saturated carbocycles. The molecule has 0 aromatic rings. The molecule has 1 aliphatic heterocycles. The van der Waals surface area contributed by atoms with Crippen LogP contribution < -0.4 is 0 Å². The molecule has 4 nitrogen and oxygen atoms in total. The van der Waals surface area contributed by atoms with Gasteiger partial charge in [0.25, 0.3) is 0 Å². The Morgan fingerprint density at radius 3 is 3.00 bits per heavy atom. The van der Waals surface area contributed by atoms with Gasteiger partial charge in [0.15, 0.2) is 0 Å². The van der Waals surface area contributed by atoms with E-state index in [-0.39, 0.29) is 12.1 Å². The molecule has 0 atom stereocenters. The zero-order valence-corrected chi connectivity index (χ0v) is 7.50. The second-order valence-corrected chi connectivity index (χ2v) is 5.69. The molecular formula is C6H13O4P. The third kappa shape index (κ3) is 2.40. The van der Waals surface area contributed by atoms with E-state index in [1.807, 2.05) is 0 Å². The summed E-state index contributed by atoms with van der Waals surface area (Å²) in [6, 6.07) is 0. The van der Waals surface area contributed by atoms with Gasteiger partial charge in [-0.25, -0.2) is 0 Å². The van der Waals surface area contributed by atoms with Crippen LogP contribution in [-0.4, -0.2) is 36.9 Å². The minimum atomic E-state index is -2.64. The Bertz CT molecular complexity index is 153. The van der Waals surface area contributed by atoms with Gasteiger partial charge in [-0.1, -0.05) is 0 Å². The standard InChI is InChI=1S/C6H13O4P/c1-9-6(7)5-11(8)4-2-3-10-11/h8,11H,2-5H2,1H3. The molecule has 0 unspecified atom stereocenters. The molecule has 0 spiro atoms. The molecule has 1 saturated heterocycles. The Balaban J connectivity index is 2.39. The monoisotopic (exact) mass is 180 g/mol. The van der Waals surface area contributed by atoms with Crippen molar-refractivity contribution in [1.29, 1.82) is 0 Å². The topological polar surface area (TPSA) is 55.8 Å². The predicted molar refractivity (Wildman–Crippen MR) is 42.9 cm³/mol. The van der Waals surface area contributed by atoms with Crippen LogP contribution in [0.4, 0.5) is 0 Å². The maximum atomic E-state index is 10.7. The molecule has 0 bridgehead atoms. The molecule has 0 aromatic heterocycles. The van der Waals surface area contributed by atoms with E-state index >= 15 is 0 Å². The van der Waals surface area contributed by atoms with Crippen molar-refractivity contribution in [1.82, 2.24) is 0 Å². The Hall–Kier alpha value is -0.180. The molecule has 0 aliphatic carbocycles. The van der Waals surface area contributed by atoms with Gasteiger partial charge in [-0.15, -0.1) is 0 Å². The number of hydrogen-bond acceptors (Lipinski definition) is 4. The fourth-order valence-corrected chi connectivity index (χ4v) is 3.36. The van der Waals surface area contributed by atoms with E-state index < -0.39 is 7.72 Å². The molecule has 1 N–H and O–H groups in total. The Morgan fingerprint density at radius 1 is 1.82 bits per heavy atom. The van der Waals surface area contributed by atoms with Crippen molar-refractivity contribution in [3.05, 3.63) is 0 Å². The van der Waals surface area contributed by atoms with Gasteiger partial charge in [0.2, 0.25) is 0 Å². The van der Waals surface area contributed by atoms with Gasteiger partial charge in [0.1, 0.15) is 0 Å². The van der Waals surface area contributed by atoms with E-state index in [4.69, 9.17) is 4.52 Å². The molecule has 0 aromatic carbocycles. The summed E-state index contributed by atoms with van der Waals surface area (Å²) in [5, 5.41) is 0. The number of hydrogen-bond donors (Lipinski definition) is 1. The number of methoxy groups -OCH3 is 1.